The van der Waals surface area contributed by atoms with Gasteiger partial charge in [-0.05, 0) is 67.2 Å². The second kappa shape index (κ2) is 9.18. The molecule has 1 rings (SSSR count). The number of carbonyl (C=O) groups excluding carboxylic acids is 3. The summed E-state index contributed by atoms with van der Waals surface area (Å²) >= 11 is 0. The van der Waals surface area contributed by atoms with E-state index in [1.807, 2.05) is 48.5 Å². The van der Waals surface area contributed by atoms with Crippen LogP contribution in [0.1, 0.15) is 74.7 Å². The fourth-order valence-corrected chi connectivity index (χ4v) is 4.00. The minimum Gasteiger partial charge on any atom is -0.444 e. The van der Waals surface area contributed by atoms with Gasteiger partial charge < -0.3 is 20.3 Å². The lowest BCUT2D eigenvalue weighted by molar-refractivity contribution is -0.135. The summed E-state index contributed by atoms with van der Waals surface area (Å²) in [5, 5.41) is 5.95. The van der Waals surface area contributed by atoms with Gasteiger partial charge in [-0.15, -0.1) is 6.58 Å². The molecule has 7 heteroatoms. The Labute approximate surface area is 175 Å². The number of nitrogens with zero attached hydrogens (tertiary/aromatic N) is 1. The number of hydrogen-bond acceptors (Lipinski definition) is 4. The third-order valence-corrected chi connectivity index (χ3v) is 4.96. The number of amides is 3. The van der Waals surface area contributed by atoms with Gasteiger partial charge in [0, 0.05) is 31.5 Å². The first-order valence-electron chi connectivity index (χ1n) is 10.4. The van der Waals surface area contributed by atoms with E-state index < -0.39 is 22.8 Å². The first kappa shape index (κ1) is 25.0. The highest BCUT2D eigenvalue weighted by molar-refractivity contribution is 5.92. The zero-order valence-corrected chi connectivity index (χ0v) is 19.3. The van der Waals surface area contributed by atoms with Gasteiger partial charge in [0.2, 0.25) is 11.8 Å². The molecule has 0 saturated heterocycles. The number of rotatable bonds is 6. The van der Waals surface area contributed by atoms with E-state index in [0.29, 0.717) is 25.8 Å². The highest BCUT2D eigenvalue weighted by Crippen LogP contribution is 2.41. The van der Waals surface area contributed by atoms with Gasteiger partial charge in [-0.3, -0.25) is 9.59 Å². The van der Waals surface area contributed by atoms with E-state index in [4.69, 9.17) is 4.74 Å². The molecule has 1 unspecified atom stereocenters. The summed E-state index contributed by atoms with van der Waals surface area (Å²) in [6, 6.07) is -0.225. The van der Waals surface area contributed by atoms with Gasteiger partial charge in [-0.1, -0.05) is 6.08 Å². The molecule has 0 aromatic rings. The molecule has 1 aliphatic rings. The molecule has 0 radical (unpaired) electrons. The van der Waals surface area contributed by atoms with Crippen molar-refractivity contribution in [1.82, 2.24) is 15.5 Å². The Morgan fingerprint density at radius 3 is 2.21 bits per heavy atom. The summed E-state index contributed by atoms with van der Waals surface area (Å²) in [6.07, 6.45) is 2.83. The summed E-state index contributed by atoms with van der Waals surface area (Å²) in [5.74, 6) is -0.674. The molecule has 166 valence electrons. The summed E-state index contributed by atoms with van der Waals surface area (Å²) in [7, 11) is 0. The van der Waals surface area contributed by atoms with E-state index in [1.54, 1.807) is 11.0 Å². The minimum absolute atomic E-state index is 0.173. The monoisotopic (exact) mass is 409 g/mol. The van der Waals surface area contributed by atoms with Crippen LogP contribution in [0.2, 0.25) is 0 Å². The van der Waals surface area contributed by atoms with Crippen molar-refractivity contribution >= 4 is 17.9 Å². The van der Waals surface area contributed by atoms with Crippen molar-refractivity contribution in [3.05, 3.63) is 12.7 Å². The Balaban J connectivity index is 3.29. The zero-order valence-electron chi connectivity index (χ0n) is 19.3. The van der Waals surface area contributed by atoms with Crippen molar-refractivity contribution in [2.24, 2.45) is 5.92 Å². The second-order valence-corrected chi connectivity index (χ2v) is 9.94. The lowest BCUT2D eigenvalue weighted by atomic mass is 9.82. The number of allylic oxidation sites excluding steroid dienone is 1. The maximum absolute atomic E-state index is 13.4. The molecule has 0 aliphatic heterocycles. The number of hydrogen-bond donors (Lipinski definition) is 2. The number of carbonyl (C=O) groups is 3. The first-order valence-corrected chi connectivity index (χ1v) is 10.4. The standard InChI is InChI=1S/C22H39N3O4/c1-10-12-16-13-17(25(11-2)19(28)29-21(7,8)9)14-22(16,23-15(3)26)18(27)24-20(4,5)6/h10,16-17H,1,11-14H2,2-9H3,(H,23,26)(H,24,27)/t16?,17-,22+/m1/s1. The van der Waals surface area contributed by atoms with Gasteiger partial charge in [-0.25, -0.2) is 4.79 Å². The third kappa shape index (κ3) is 6.75. The fraction of sp³-hybridized carbons (Fsp3) is 0.773. The second-order valence-electron chi connectivity index (χ2n) is 9.94. The van der Waals surface area contributed by atoms with E-state index >= 15 is 0 Å². The van der Waals surface area contributed by atoms with Crippen LogP contribution in [0.4, 0.5) is 4.79 Å². The SMILES string of the molecule is C=CCC1C[C@@H](N(CC)C(=O)OC(C)(C)C)C[C@@]1(NC(C)=O)C(=O)NC(C)(C)C. The molecule has 7 nitrogen and oxygen atoms in total. The van der Waals surface area contributed by atoms with Gasteiger partial charge in [-0.2, -0.15) is 0 Å². The Morgan fingerprint density at radius 2 is 1.79 bits per heavy atom. The predicted molar refractivity (Wildman–Crippen MR) is 114 cm³/mol. The molecule has 3 amide bonds. The van der Waals surface area contributed by atoms with E-state index in [9.17, 15) is 14.4 Å². The van der Waals surface area contributed by atoms with Crippen LogP contribution in [0.5, 0.6) is 0 Å². The van der Waals surface area contributed by atoms with Crippen molar-refractivity contribution in [2.75, 3.05) is 6.54 Å². The Morgan fingerprint density at radius 1 is 1.21 bits per heavy atom. The molecular formula is C22H39N3O4. The van der Waals surface area contributed by atoms with Crippen LogP contribution in [-0.2, 0) is 14.3 Å². The van der Waals surface area contributed by atoms with Crippen LogP contribution in [0.3, 0.4) is 0 Å². The Bertz CT molecular complexity index is 633. The molecular weight excluding hydrogens is 370 g/mol. The average molecular weight is 410 g/mol. The molecule has 3 atom stereocenters. The molecule has 0 aromatic carbocycles. The van der Waals surface area contributed by atoms with Crippen LogP contribution in [0.25, 0.3) is 0 Å². The molecule has 2 N–H and O–H groups in total. The van der Waals surface area contributed by atoms with Crippen molar-refractivity contribution in [2.45, 2.75) is 97.4 Å². The summed E-state index contributed by atoms with van der Waals surface area (Å²) < 4.78 is 5.57. The Hall–Kier alpha value is -2.05. The maximum atomic E-state index is 13.4. The van der Waals surface area contributed by atoms with E-state index in [1.165, 1.54) is 6.92 Å². The minimum atomic E-state index is -1.10. The van der Waals surface area contributed by atoms with Crippen molar-refractivity contribution in [3.8, 4) is 0 Å². The van der Waals surface area contributed by atoms with Crippen LogP contribution < -0.4 is 10.6 Å². The molecule has 29 heavy (non-hydrogen) atoms. The van der Waals surface area contributed by atoms with Gasteiger partial charge in [0.25, 0.3) is 0 Å². The lowest BCUT2D eigenvalue weighted by Crippen LogP contribution is -2.63. The number of ether oxygens (including phenoxy) is 1. The van der Waals surface area contributed by atoms with Crippen molar-refractivity contribution in [1.29, 1.82) is 0 Å². The molecule has 1 saturated carbocycles. The highest BCUT2D eigenvalue weighted by Gasteiger charge is 2.55. The molecule has 0 bridgehead atoms. The maximum Gasteiger partial charge on any atom is 0.410 e. The smallest absolute Gasteiger partial charge is 0.410 e. The normalized spacial score (nSPS) is 24.6. The van der Waals surface area contributed by atoms with Crippen molar-refractivity contribution < 1.29 is 19.1 Å². The van der Waals surface area contributed by atoms with Crippen LogP contribution >= 0.6 is 0 Å². The van der Waals surface area contributed by atoms with Gasteiger partial charge in [0.05, 0.1) is 0 Å². The van der Waals surface area contributed by atoms with Gasteiger partial charge in [0.15, 0.2) is 0 Å². The van der Waals surface area contributed by atoms with Crippen molar-refractivity contribution in [3.63, 3.8) is 0 Å². The van der Waals surface area contributed by atoms with E-state index in [-0.39, 0.29) is 23.8 Å². The molecule has 0 aromatic heterocycles. The van der Waals surface area contributed by atoms with Gasteiger partial charge in [0.1, 0.15) is 11.1 Å². The van der Waals surface area contributed by atoms with E-state index in [2.05, 4.69) is 17.2 Å². The average Bonchev–Trinajstić information content (AvgIpc) is 2.83. The topological polar surface area (TPSA) is 87.7 Å². The van der Waals surface area contributed by atoms with Crippen LogP contribution in [0, 0.1) is 5.92 Å². The van der Waals surface area contributed by atoms with E-state index in [0.717, 1.165) is 0 Å². The molecule has 1 fully saturated rings. The lowest BCUT2D eigenvalue weighted by Gasteiger charge is -2.37. The molecule has 0 spiro atoms. The number of nitrogens with one attached hydrogen (secondary N) is 2. The zero-order chi connectivity index (χ0) is 22.6. The molecule has 1 aliphatic carbocycles. The largest absolute Gasteiger partial charge is 0.444 e. The molecule has 0 heterocycles. The Kier molecular flexibility index (Phi) is 7.91. The summed E-state index contributed by atoms with van der Waals surface area (Å²) in [6.45, 7) is 18.8. The summed E-state index contributed by atoms with van der Waals surface area (Å²) in [5.41, 5.74) is -2.16. The van der Waals surface area contributed by atoms with Crippen LogP contribution in [-0.4, -0.2) is 52.1 Å². The fourth-order valence-electron chi connectivity index (χ4n) is 4.00. The highest BCUT2D eigenvalue weighted by atomic mass is 16.6. The van der Waals surface area contributed by atoms with Crippen LogP contribution in [0.15, 0.2) is 12.7 Å². The first-order chi connectivity index (χ1) is 13.1. The third-order valence-electron chi connectivity index (χ3n) is 4.96. The quantitative estimate of drug-likeness (QED) is 0.658. The van der Waals surface area contributed by atoms with Gasteiger partial charge >= 0.3 is 6.09 Å². The summed E-state index contributed by atoms with van der Waals surface area (Å²) in [4.78, 5) is 39.9. The predicted octanol–water partition coefficient (Wildman–Crippen LogP) is 3.39.